The van der Waals surface area contributed by atoms with Crippen LogP contribution in [0.15, 0.2) is 43.2 Å². The van der Waals surface area contributed by atoms with Crippen molar-refractivity contribution in [2.45, 2.75) is 26.9 Å². The molecule has 0 spiro atoms. The third kappa shape index (κ3) is 5.13. The zero-order valence-electron chi connectivity index (χ0n) is 14.8. The van der Waals surface area contributed by atoms with E-state index in [-0.39, 0.29) is 0 Å². The SMILES string of the molecule is C=CCOc1ccc(CNCC(C)Cn2ccnc2C)cc1OC. The van der Waals surface area contributed by atoms with Gasteiger partial charge in [-0.3, -0.25) is 0 Å². The molecule has 0 fully saturated rings. The topological polar surface area (TPSA) is 48.3 Å². The van der Waals surface area contributed by atoms with E-state index in [0.717, 1.165) is 37.0 Å². The summed E-state index contributed by atoms with van der Waals surface area (Å²) in [5.41, 5.74) is 1.17. The Morgan fingerprint density at radius 3 is 2.88 bits per heavy atom. The molecule has 0 aliphatic carbocycles. The Bertz CT molecular complexity index is 652. The van der Waals surface area contributed by atoms with Crippen molar-refractivity contribution in [3.63, 3.8) is 0 Å². The largest absolute Gasteiger partial charge is 0.493 e. The Kier molecular flexibility index (Phi) is 6.88. The molecule has 2 aromatic rings. The van der Waals surface area contributed by atoms with Crippen LogP contribution in [0.25, 0.3) is 0 Å². The molecule has 0 radical (unpaired) electrons. The minimum absolute atomic E-state index is 0.471. The second-order valence-electron chi connectivity index (χ2n) is 5.95. The minimum Gasteiger partial charge on any atom is -0.493 e. The van der Waals surface area contributed by atoms with E-state index in [2.05, 4.69) is 34.4 Å². The van der Waals surface area contributed by atoms with Gasteiger partial charge >= 0.3 is 0 Å². The smallest absolute Gasteiger partial charge is 0.161 e. The first-order chi connectivity index (χ1) is 11.6. The van der Waals surface area contributed by atoms with Crippen molar-refractivity contribution in [3.05, 3.63) is 54.6 Å². The highest BCUT2D eigenvalue weighted by Crippen LogP contribution is 2.28. The van der Waals surface area contributed by atoms with E-state index in [9.17, 15) is 0 Å². The first-order valence-electron chi connectivity index (χ1n) is 8.23. The van der Waals surface area contributed by atoms with Crippen LogP contribution >= 0.6 is 0 Å². The van der Waals surface area contributed by atoms with Crippen molar-refractivity contribution in [2.75, 3.05) is 20.3 Å². The van der Waals surface area contributed by atoms with Gasteiger partial charge in [0.05, 0.1) is 7.11 Å². The second kappa shape index (κ2) is 9.13. The van der Waals surface area contributed by atoms with Crippen LogP contribution in [0.5, 0.6) is 11.5 Å². The van der Waals surface area contributed by atoms with Gasteiger partial charge in [0.1, 0.15) is 12.4 Å². The molecule has 0 bridgehead atoms. The van der Waals surface area contributed by atoms with Crippen LogP contribution in [-0.4, -0.2) is 29.8 Å². The summed E-state index contributed by atoms with van der Waals surface area (Å²) in [6.45, 7) is 11.1. The average molecular weight is 329 g/mol. The number of nitrogens with zero attached hydrogens (tertiary/aromatic N) is 2. The molecule has 0 saturated heterocycles. The highest BCUT2D eigenvalue weighted by molar-refractivity contribution is 5.43. The first-order valence-corrected chi connectivity index (χ1v) is 8.23. The Morgan fingerprint density at radius 2 is 2.21 bits per heavy atom. The summed E-state index contributed by atoms with van der Waals surface area (Å²) in [5.74, 6) is 3.07. The third-order valence-corrected chi connectivity index (χ3v) is 3.84. The lowest BCUT2D eigenvalue weighted by Gasteiger charge is -2.15. The van der Waals surface area contributed by atoms with Gasteiger partial charge in [-0.2, -0.15) is 0 Å². The van der Waals surface area contributed by atoms with Gasteiger partial charge in [-0.05, 0) is 37.1 Å². The number of hydrogen-bond donors (Lipinski definition) is 1. The number of methoxy groups -OCH3 is 1. The third-order valence-electron chi connectivity index (χ3n) is 3.84. The molecule has 2 rings (SSSR count). The van der Waals surface area contributed by atoms with Crippen LogP contribution in [0.1, 0.15) is 18.3 Å². The average Bonchev–Trinajstić information content (AvgIpc) is 2.98. The van der Waals surface area contributed by atoms with Gasteiger partial charge in [0, 0.05) is 25.5 Å². The fourth-order valence-corrected chi connectivity index (χ4v) is 2.55. The normalized spacial score (nSPS) is 12.0. The summed E-state index contributed by atoms with van der Waals surface area (Å²) >= 11 is 0. The summed E-state index contributed by atoms with van der Waals surface area (Å²) in [4.78, 5) is 4.26. The van der Waals surface area contributed by atoms with E-state index >= 15 is 0 Å². The number of aryl methyl sites for hydroxylation is 1. The fourth-order valence-electron chi connectivity index (χ4n) is 2.55. The number of rotatable bonds is 10. The molecule has 1 unspecified atom stereocenters. The zero-order valence-corrected chi connectivity index (χ0v) is 14.8. The molecule has 0 amide bonds. The molecule has 1 atom stereocenters. The molecule has 5 heteroatoms. The van der Waals surface area contributed by atoms with Crippen LogP contribution in [0.3, 0.4) is 0 Å². The van der Waals surface area contributed by atoms with Gasteiger partial charge in [-0.25, -0.2) is 4.98 Å². The number of ether oxygens (including phenoxy) is 2. The molecule has 0 saturated carbocycles. The first kappa shape index (κ1) is 18.1. The molecular formula is C19H27N3O2. The molecule has 130 valence electrons. The van der Waals surface area contributed by atoms with Crippen molar-refractivity contribution >= 4 is 0 Å². The quantitative estimate of drug-likeness (QED) is 0.680. The fraction of sp³-hybridized carbons (Fsp3) is 0.421. The Labute approximate surface area is 144 Å². The zero-order chi connectivity index (χ0) is 17.4. The van der Waals surface area contributed by atoms with Crippen LogP contribution < -0.4 is 14.8 Å². The molecule has 1 N–H and O–H groups in total. The minimum atomic E-state index is 0.471. The maximum absolute atomic E-state index is 5.57. The number of hydrogen-bond acceptors (Lipinski definition) is 4. The highest BCUT2D eigenvalue weighted by Gasteiger charge is 2.07. The van der Waals surface area contributed by atoms with Gasteiger partial charge in [0.25, 0.3) is 0 Å². The Balaban J connectivity index is 1.83. The summed E-state index contributed by atoms with van der Waals surface area (Å²) in [6, 6.07) is 6.01. The summed E-state index contributed by atoms with van der Waals surface area (Å²) < 4.78 is 13.2. The maximum Gasteiger partial charge on any atom is 0.161 e. The highest BCUT2D eigenvalue weighted by atomic mass is 16.5. The molecule has 5 nitrogen and oxygen atoms in total. The van der Waals surface area contributed by atoms with E-state index in [4.69, 9.17) is 9.47 Å². The summed E-state index contributed by atoms with van der Waals surface area (Å²) in [7, 11) is 1.66. The van der Waals surface area contributed by atoms with Gasteiger partial charge in [0.15, 0.2) is 11.5 Å². The van der Waals surface area contributed by atoms with Crippen molar-refractivity contribution in [3.8, 4) is 11.5 Å². The van der Waals surface area contributed by atoms with Crippen molar-refractivity contribution < 1.29 is 9.47 Å². The Hall–Kier alpha value is -2.27. The number of benzene rings is 1. The number of nitrogens with one attached hydrogen (secondary N) is 1. The molecule has 1 aromatic carbocycles. The lowest BCUT2D eigenvalue weighted by atomic mass is 10.1. The summed E-state index contributed by atoms with van der Waals surface area (Å²) in [5, 5.41) is 3.50. The van der Waals surface area contributed by atoms with E-state index in [1.807, 2.05) is 31.5 Å². The standard InChI is InChI=1S/C19H27N3O2/c1-5-10-24-18-7-6-17(11-19(18)23-4)13-20-12-15(2)14-22-9-8-21-16(22)3/h5-9,11,15,20H,1,10,12-14H2,2-4H3. The van der Waals surface area contributed by atoms with E-state index in [0.29, 0.717) is 12.5 Å². The van der Waals surface area contributed by atoms with Crippen molar-refractivity contribution in [1.29, 1.82) is 0 Å². The van der Waals surface area contributed by atoms with E-state index in [1.165, 1.54) is 5.56 Å². The molecule has 1 aromatic heterocycles. The molecule has 0 aliphatic heterocycles. The van der Waals surface area contributed by atoms with E-state index in [1.54, 1.807) is 13.2 Å². The molecule has 24 heavy (non-hydrogen) atoms. The van der Waals surface area contributed by atoms with Crippen LogP contribution in [-0.2, 0) is 13.1 Å². The van der Waals surface area contributed by atoms with Crippen LogP contribution in [0.2, 0.25) is 0 Å². The van der Waals surface area contributed by atoms with Gasteiger partial charge in [-0.15, -0.1) is 0 Å². The van der Waals surface area contributed by atoms with Gasteiger partial charge < -0.3 is 19.4 Å². The van der Waals surface area contributed by atoms with Crippen molar-refractivity contribution in [1.82, 2.24) is 14.9 Å². The van der Waals surface area contributed by atoms with Gasteiger partial charge in [-0.1, -0.05) is 25.6 Å². The summed E-state index contributed by atoms with van der Waals surface area (Å²) in [6.07, 6.45) is 5.59. The lowest BCUT2D eigenvalue weighted by Crippen LogP contribution is -2.24. The van der Waals surface area contributed by atoms with Crippen molar-refractivity contribution in [2.24, 2.45) is 5.92 Å². The van der Waals surface area contributed by atoms with Gasteiger partial charge in [0.2, 0.25) is 0 Å². The number of imidazole rings is 1. The lowest BCUT2D eigenvalue weighted by molar-refractivity contribution is 0.326. The van der Waals surface area contributed by atoms with E-state index < -0.39 is 0 Å². The maximum atomic E-state index is 5.57. The molecule has 0 aliphatic rings. The predicted octanol–water partition coefficient (Wildman–Crippen LogP) is 3.19. The van der Waals surface area contributed by atoms with Crippen LogP contribution in [0.4, 0.5) is 0 Å². The second-order valence-corrected chi connectivity index (χ2v) is 5.95. The predicted molar refractivity (Wildman–Crippen MR) is 96.5 cm³/mol. The van der Waals surface area contributed by atoms with Crippen LogP contribution in [0, 0.1) is 12.8 Å². The molecular weight excluding hydrogens is 302 g/mol. The number of aromatic nitrogens is 2. The Morgan fingerprint density at radius 1 is 1.38 bits per heavy atom. The molecule has 1 heterocycles. The monoisotopic (exact) mass is 329 g/mol.